The lowest BCUT2D eigenvalue weighted by Crippen LogP contribution is -2.14. The Morgan fingerprint density at radius 3 is 1.00 bits per heavy atom. The Morgan fingerprint density at radius 2 is 0.722 bits per heavy atom. The molecule has 0 saturated carbocycles. The Bertz CT molecular complexity index is 678. The molecule has 4 nitrogen and oxygen atoms in total. The van der Waals surface area contributed by atoms with Crippen LogP contribution in [0.25, 0.3) is 0 Å². The van der Waals surface area contributed by atoms with Crippen LogP contribution in [-0.2, 0) is 0 Å². The Balaban J connectivity index is 2.26. The quantitative estimate of drug-likeness (QED) is 0.0605. The van der Waals surface area contributed by atoms with Crippen molar-refractivity contribution >= 4 is 56.7 Å². The van der Waals surface area contributed by atoms with Gasteiger partial charge in [0.15, 0.2) is 11.6 Å². The number of Topliss-reactive ketones (excluding diaryl/α,β-unsaturated/α-hetero) is 2. The molecule has 0 aromatic carbocycles. The van der Waals surface area contributed by atoms with Gasteiger partial charge in [0, 0.05) is 12.8 Å². The first-order valence-electron chi connectivity index (χ1n) is 14.8. The molecule has 0 aliphatic heterocycles. The number of carbonyl (C=O) groups excluding carboxylic acids is 2. The molecule has 0 amide bonds. The topological polar surface area (TPSA) is 59.9 Å². The third-order valence-electron chi connectivity index (χ3n) is 6.85. The van der Waals surface area contributed by atoms with Crippen molar-refractivity contribution in [2.45, 2.75) is 155 Å². The fourth-order valence-corrected chi connectivity index (χ4v) is 5.86. The molecule has 0 radical (unpaired) electrons. The second-order valence-corrected chi connectivity index (χ2v) is 12.3. The number of carbonyl (C=O) groups is 2. The summed E-state index contributed by atoms with van der Waals surface area (Å²) in [6.07, 6.45) is 26.1. The molecule has 0 saturated heterocycles. The lowest BCUT2D eigenvalue weighted by atomic mass is 10.0. The summed E-state index contributed by atoms with van der Waals surface area (Å²) in [5.74, 6) is 0.108. The van der Waals surface area contributed by atoms with E-state index in [1.807, 2.05) is 0 Å². The normalized spacial score (nSPS) is 11.2. The highest BCUT2D eigenvalue weighted by Gasteiger charge is 2.20. The zero-order valence-corrected chi connectivity index (χ0v) is 27.3. The summed E-state index contributed by atoms with van der Waals surface area (Å²) in [7, 11) is 0. The fourth-order valence-electron chi connectivity index (χ4n) is 4.53. The number of halogens is 2. The molecule has 0 atom stereocenters. The van der Waals surface area contributed by atoms with Gasteiger partial charge >= 0.3 is 0 Å². The highest BCUT2D eigenvalue weighted by atomic mass is 127. The van der Waals surface area contributed by atoms with E-state index in [0.29, 0.717) is 31.6 Å². The van der Waals surface area contributed by atoms with Crippen LogP contribution in [0.3, 0.4) is 0 Å². The monoisotopic (exact) mass is 724 g/mol. The first-order chi connectivity index (χ1) is 17.5. The summed E-state index contributed by atoms with van der Waals surface area (Å²) in [6, 6.07) is 0. The van der Waals surface area contributed by atoms with Crippen LogP contribution in [0.1, 0.15) is 176 Å². The van der Waals surface area contributed by atoms with Crippen LogP contribution >= 0.6 is 45.2 Å². The second-order valence-electron chi connectivity index (χ2n) is 10.2. The molecular weight excluding hydrogens is 674 g/mol. The highest BCUT2D eigenvalue weighted by Crippen LogP contribution is 2.20. The van der Waals surface area contributed by atoms with Crippen molar-refractivity contribution in [3.63, 3.8) is 0 Å². The molecule has 36 heavy (non-hydrogen) atoms. The minimum absolute atomic E-state index is 0.0538. The number of hydrogen-bond donors (Lipinski definition) is 0. The van der Waals surface area contributed by atoms with Crippen LogP contribution in [0, 0.1) is 7.40 Å². The van der Waals surface area contributed by atoms with E-state index in [2.05, 4.69) is 69.0 Å². The lowest BCUT2D eigenvalue weighted by Gasteiger charge is -2.08. The van der Waals surface area contributed by atoms with Crippen LogP contribution in [0.2, 0.25) is 0 Å². The van der Waals surface area contributed by atoms with Crippen LogP contribution in [-0.4, -0.2) is 21.5 Å². The van der Waals surface area contributed by atoms with Crippen molar-refractivity contribution in [1.82, 2.24) is 9.97 Å². The third kappa shape index (κ3) is 16.0. The van der Waals surface area contributed by atoms with Crippen LogP contribution in [0.15, 0.2) is 0 Å². The number of hydrogen-bond acceptors (Lipinski definition) is 4. The second kappa shape index (κ2) is 22.8. The van der Waals surface area contributed by atoms with Gasteiger partial charge in [-0.25, -0.2) is 9.97 Å². The maximum atomic E-state index is 12.7. The number of unbranched alkanes of at least 4 members (excludes halogenated alkanes) is 18. The molecule has 0 bridgehead atoms. The fraction of sp³-hybridized carbons (Fsp3) is 0.800. The van der Waals surface area contributed by atoms with Gasteiger partial charge in [0.25, 0.3) is 0 Å². The number of nitrogens with zero attached hydrogens (tertiary/aromatic N) is 2. The summed E-state index contributed by atoms with van der Waals surface area (Å²) in [5, 5.41) is 0. The minimum atomic E-state index is 0.0538. The van der Waals surface area contributed by atoms with E-state index in [-0.39, 0.29) is 11.6 Å². The molecule has 0 fully saturated rings. The van der Waals surface area contributed by atoms with E-state index in [4.69, 9.17) is 0 Å². The number of aromatic nitrogens is 2. The molecule has 0 aliphatic carbocycles. The Labute approximate surface area is 248 Å². The Hall–Kier alpha value is -0.120. The predicted octanol–water partition coefficient (Wildman–Crippen LogP) is 10.7. The Kier molecular flexibility index (Phi) is 21.5. The third-order valence-corrected chi connectivity index (χ3v) is 8.36. The van der Waals surface area contributed by atoms with E-state index >= 15 is 0 Å². The Morgan fingerprint density at radius 1 is 0.472 bits per heavy atom. The van der Waals surface area contributed by atoms with E-state index < -0.39 is 0 Å². The van der Waals surface area contributed by atoms with Crippen molar-refractivity contribution in [2.75, 3.05) is 0 Å². The van der Waals surface area contributed by atoms with Crippen molar-refractivity contribution in [1.29, 1.82) is 0 Å². The zero-order chi connectivity index (χ0) is 26.4. The van der Waals surface area contributed by atoms with Gasteiger partial charge in [0.2, 0.25) is 0 Å². The van der Waals surface area contributed by atoms with Crippen molar-refractivity contribution < 1.29 is 9.59 Å². The van der Waals surface area contributed by atoms with Gasteiger partial charge < -0.3 is 0 Å². The van der Waals surface area contributed by atoms with Crippen LogP contribution in [0.4, 0.5) is 0 Å². The van der Waals surface area contributed by atoms with Crippen LogP contribution < -0.4 is 0 Å². The molecule has 0 spiro atoms. The first-order valence-corrected chi connectivity index (χ1v) is 17.0. The van der Waals surface area contributed by atoms with Crippen molar-refractivity contribution in [2.24, 2.45) is 0 Å². The maximum Gasteiger partial charge on any atom is 0.183 e. The smallest absolute Gasteiger partial charge is 0.183 e. The summed E-state index contributed by atoms with van der Waals surface area (Å²) < 4.78 is 1.13. The number of rotatable bonds is 24. The van der Waals surface area contributed by atoms with Crippen molar-refractivity contribution in [3.8, 4) is 0 Å². The van der Waals surface area contributed by atoms with E-state index in [1.54, 1.807) is 0 Å². The largest absolute Gasteiger partial charge is 0.292 e. The molecule has 6 heteroatoms. The van der Waals surface area contributed by atoms with Gasteiger partial charge in [-0.15, -0.1) is 0 Å². The van der Waals surface area contributed by atoms with E-state index in [0.717, 1.165) is 25.7 Å². The van der Waals surface area contributed by atoms with Gasteiger partial charge in [-0.2, -0.15) is 0 Å². The highest BCUT2D eigenvalue weighted by molar-refractivity contribution is 14.1. The minimum Gasteiger partial charge on any atom is -0.292 e. The molecule has 0 unspecified atom stereocenters. The molecule has 1 heterocycles. The first kappa shape index (κ1) is 33.9. The molecular formula is C30H50I2N2O2. The average Bonchev–Trinajstić information content (AvgIpc) is 2.87. The summed E-state index contributed by atoms with van der Waals surface area (Å²) >= 11 is 4.13. The van der Waals surface area contributed by atoms with Gasteiger partial charge in [0.1, 0.15) is 18.8 Å². The van der Waals surface area contributed by atoms with E-state index in [9.17, 15) is 9.59 Å². The van der Waals surface area contributed by atoms with Gasteiger partial charge in [-0.05, 0) is 58.0 Å². The molecule has 1 aromatic heterocycles. The van der Waals surface area contributed by atoms with Crippen molar-refractivity contribution in [3.05, 3.63) is 18.8 Å². The van der Waals surface area contributed by atoms with E-state index in [1.165, 1.54) is 103 Å². The molecule has 0 aliphatic rings. The number of ketones is 2. The SMILES string of the molecule is CCCCCCCCCCCCC(=O)c1nc(I)c(C(=O)CCCCCCCCCCCC)nc1I. The van der Waals surface area contributed by atoms with Gasteiger partial charge in [0.05, 0.1) is 0 Å². The summed E-state index contributed by atoms with van der Waals surface area (Å²) in [5.41, 5.74) is 0.873. The molecule has 1 aromatic rings. The molecule has 0 N–H and O–H groups in total. The predicted molar refractivity (Wildman–Crippen MR) is 169 cm³/mol. The van der Waals surface area contributed by atoms with Gasteiger partial charge in [-0.1, -0.05) is 129 Å². The average molecular weight is 725 g/mol. The maximum absolute atomic E-state index is 12.7. The lowest BCUT2D eigenvalue weighted by molar-refractivity contribution is 0.0957. The standard InChI is InChI=1S/C30H50I2N2O2/c1-3-5-7-9-11-13-15-17-19-21-23-25(35)27-29(31)34-28(30(32)33-27)26(36)24-22-20-18-16-14-12-10-8-6-4-2/h3-24H2,1-2H3. The molecule has 1 rings (SSSR count). The summed E-state index contributed by atoms with van der Waals surface area (Å²) in [4.78, 5) is 34.4. The summed E-state index contributed by atoms with van der Waals surface area (Å²) in [6.45, 7) is 4.51. The zero-order valence-electron chi connectivity index (χ0n) is 23.0. The van der Waals surface area contributed by atoms with Gasteiger partial charge in [-0.3, -0.25) is 9.59 Å². The molecule has 206 valence electrons. The van der Waals surface area contributed by atoms with Crippen LogP contribution in [0.5, 0.6) is 0 Å².